The molecule has 1 atom stereocenters. The monoisotopic (exact) mass is 382 g/mol. The van der Waals surface area contributed by atoms with E-state index < -0.39 is 6.10 Å². The zero-order valence-electron chi connectivity index (χ0n) is 16.5. The molecule has 0 saturated carbocycles. The second-order valence-corrected chi connectivity index (χ2v) is 6.83. The van der Waals surface area contributed by atoms with Crippen molar-refractivity contribution in [2.24, 2.45) is 0 Å². The van der Waals surface area contributed by atoms with Gasteiger partial charge in [-0.3, -0.25) is 9.59 Å². The number of carbonyl (C=O) groups is 2. The number of amides is 2. The van der Waals surface area contributed by atoms with Gasteiger partial charge in [0.05, 0.1) is 12.8 Å². The van der Waals surface area contributed by atoms with Gasteiger partial charge in [0.1, 0.15) is 11.5 Å². The Morgan fingerprint density at radius 2 is 2.04 bits per heavy atom. The number of carbonyl (C=O) groups excluding carboxylic acids is 2. The van der Waals surface area contributed by atoms with Gasteiger partial charge in [0.2, 0.25) is 0 Å². The molecule has 0 aliphatic carbocycles. The highest BCUT2D eigenvalue weighted by atomic mass is 16.5. The van der Waals surface area contributed by atoms with Crippen molar-refractivity contribution >= 4 is 23.2 Å². The Hall–Kier alpha value is -3.02. The number of fused-ring (bicyclic) bond motifs is 1. The summed E-state index contributed by atoms with van der Waals surface area (Å²) in [7, 11) is 1.56. The Morgan fingerprint density at radius 1 is 1.21 bits per heavy atom. The third-order valence-electron chi connectivity index (χ3n) is 4.74. The quantitative estimate of drug-likeness (QED) is 0.727. The zero-order valence-corrected chi connectivity index (χ0v) is 16.5. The first-order valence-electron chi connectivity index (χ1n) is 9.61. The predicted octanol–water partition coefficient (Wildman–Crippen LogP) is 4.25. The SMILES string of the molecule is CCCCCN1C(=O)C(C)Oc2ccc(NC(=O)c3cccc(OC)c3)cc21. The molecule has 0 fully saturated rings. The number of nitrogens with one attached hydrogen (secondary N) is 1. The van der Waals surface area contributed by atoms with Crippen LogP contribution >= 0.6 is 0 Å². The summed E-state index contributed by atoms with van der Waals surface area (Å²) in [5.41, 5.74) is 1.80. The molecule has 6 heteroatoms. The summed E-state index contributed by atoms with van der Waals surface area (Å²) in [5.74, 6) is 0.976. The molecule has 3 rings (SSSR count). The molecule has 0 radical (unpaired) electrons. The second kappa shape index (κ2) is 8.78. The van der Waals surface area contributed by atoms with E-state index in [4.69, 9.17) is 9.47 Å². The lowest BCUT2D eigenvalue weighted by molar-refractivity contribution is -0.125. The highest BCUT2D eigenvalue weighted by molar-refractivity contribution is 6.06. The van der Waals surface area contributed by atoms with Gasteiger partial charge in [-0.15, -0.1) is 0 Å². The lowest BCUT2D eigenvalue weighted by Gasteiger charge is -2.33. The van der Waals surface area contributed by atoms with E-state index in [0.717, 1.165) is 19.3 Å². The van der Waals surface area contributed by atoms with Crippen molar-refractivity contribution < 1.29 is 19.1 Å². The molecule has 0 aromatic heterocycles. The van der Waals surface area contributed by atoms with Crippen molar-refractivity contribution in [2.75, 3.05) is 23.9 Å². The lowest BCUT2D eigenvalue weighted by atomic mass is 10.1. The van der Waals surface area contributed by atoms with Crippen LogP contribution in [0, 0.1) is 0 Å². The minimum Gasteiger partial charge on any atom is -0.497 e. The van der Waals surface area contributed by atoms with Gasteiger partial charge >= 0.3 is 0 Å². The van der Waals surface area contributed by atoms with Crippen LogP contribution in [0.5, 0.6) is 11.5 Å². The van der Waals surface area contributed by atoms with E-state index in [9.17, 15) is 9.59 Å². The van der Waals surface area contributed by atoms with Crippen LogP contribution in [0.4, 0.5) is 11.4 Å². The number of benzene rings is 2. The first-order chi connectivity index (χ1) is 13.5. The van der Waals surface area contributed by atoms with Crippen LogP contribution < -0.4 is 19.7 Å². The van der Waals surface area contributed by atoms with E-state index >= 15 is 0 Å². The molecule has 1 heterocycles. The maximum Gasteiger partial charge on any atom is 0.267 e. The molecule has 0 saturated heterocycles. The highest BCUT2D eigenvalue weighted by Crippen LogP contribution is 2.36. The minimum atomic E-state index is -0.508. The van der Waals surface area contributed by atoms with E-state index in [2.05, 4.69) is 12.2 Å². The molecule has 0 bridgehead atoms. The largest absolute Gasteiger partial charge is 0.497 e. The molecular formula is C22H26N2O4. The van der Waals surface area contributed by atoms with Gasteiger partial charge in [-0.1, -0.05) is 25.8 Å². The number of hydrogen-bond acceptors (Lipinski definition) is 4. The fourth-order valence-corrected chi connectivity index (χ4v) is 3.20. The number of methoxy groups -OCH3 is 1. The second-order valence-electron chi connectivity index (χ2n) is 6.83. The average molecular weight is 382 g/mol. The van der Waals surface area contributed by atoms with Crippen LogP contribution in [0.3, 0.4) is 0 Å². The summed E-state index contributed by atoms with van der Waals surface area (Å²) < 4.78 is 10.9. The Bertz CT molecular complexity index is 865. The number of anilines is 2. The summed E-state index contributed by atoms with van der Waals surface area (Å²) in [6, 6.07) is 12.3. The molecule has 1 aliphatic rings. The van der Waals surface area contributed by atoms with Gasteiger partial charge in [-0.05, 0) is 49.7 Å². The maximum absolute atomic E-state index is 12.6. The van der Waals surface area contributed by atoms with Crippen LogP contribution in [-0.4, -0.2) is 31.6 Å². The molecule has 1 N–H and O–H groups in total. The Balaban J connectivity index is 1.82. The number of hydrogen-bond donors (Lipinski definition) is 1. The Kier molecular flexibility index (Phi) is 6.19. The Morgan fingerprint density at radius 3 is 2.79 bits per heavy atom. The smallest absolute Gasteiger partial charge is 0.267 e. The molecule has 0 spiro atoms. The summed E-state index contributed by atoms with van der Waals surface area (Å²) in [5, 5.41) is 2.89. The molecule has 2 aromatic carbocycles. The topological polar surface area (TPSA) is 67.9 Å². The predicted molar refractivity (Wildman–Crippen MR) is 109 cm³/mol. The van der Waals surface area contributed by atoms with Gasteiger partial charge in [0, 0.05) is 17.8 Å². The van der Waals surface area contributed by atoms with Gasteiger partial charge < -0.3 is 19.7 Å². The first kappa shape index (κ1) is 19.7. The maximum atomic E-state index is 12.6. The molecule has 148 valence electrons. The molecule has 1 unspecified atom stereocenters. The van der Waals surface area contributed by atoms with Gasteiger partial charge in [-0.2, -0.15) is 0 Å². The zero-order chi connectivity index (χ0) is 20.1. The van der Waals surface area contributed by atoms with Crippen molar-refractivity contribution in [3.63, 3.8) is 0 Å². The minimum absolute atomic E-state index is 0.0557. The summed E-state index contributed by atoms with van der Waals surface area (Å²) >= 11 is 0. The van der Waals surface area contributed by atoms with Gasteiger partial charge in [0.15, 0.2) is 6.10 Å². The van der Waals surface area contributed by atoms with Crippen molar-refractivity contribution in [3.8, 4) is 11.5 Å². The van der Waals surface area contributed by atoms with E-state index in [-0.39, 0.29) is 11.8 Å². The molecule has 1 aliphatic heterocycles. The van der Waals surface area contributed by atoms with E-state index in [1.54, 1.807) is 61.4 Å². The van der Waals surface area contributed by atoms with Crippen LogP contribution in [0.2, 0.25) is 0 Å². The van der Waals surface area contributed by atoms with Gasteiger partial charge in [-0.25, -0.2) is 0 Å². The van der Waals surface area contributed by atoms with E-state index in [1.165, 1.54) is 0 Å². The average Bonchev–Trinajstić information content (AvgIpc) is 2.71. The normalized spacial score (nSPS) is 15.6. The van der Waals surface area contributed by atoms with Crippen molar-refractivity contribution in [1.82, 2.24) is 0 Å². The fourth-order valence-electron chi connectivity index (χ4n) is 3.20. The summed E-state index contributed by atoms with van der Waals surface area (Å²) in [6.45, 7) is 4.53. The third-order valence-corrected chi connectivity index (χ3v) is 4.74. The molecule has 6 nitrogen and oxygen atoms in total. The van der Waals surface area contributed by atoms with Crippen LogP contribution in [0.1, 0.15) is 43.5 Å². The molecular weight excluding hydrogens is 356 g/mol. The number of unbranched alkanes of at least 4 members (excludes halogenated alkanes) is 2. The Labute approximate surface area is 165 Å². The van der Waals surface area contributed by atoms with Crippen LogP contribution in [-0.2, 0) is 4.79 Å². The summed E-state index contributed by atoms with van der Waals surface area (Å²) in [4.78, 5) is 27.0. The first-order valence-corrected chi connectivity index (χ1v) is 9.61. The fraction of sp³-hybridized carbons (Fsp3) is 0.364. The highest BCUT2D eigenvalue weighted by Gasteiger charge is 2.31. The summed E-state index contributed by atoms with van der Waals surface area (Å²) in [6.07, 6.45) is 2.55. The van der Waals surface area contributed by atoms with Crippen LogP contribution in [0.15, 0.2) is 42.5 Å². The molecule has 28 heavy (non-hydrogen) atoms. The number of ether oxygens (including phenoxy) is 2. The van der Waals surface area contributed by atoms with E-state index in [1.807, 2.05) is 0 Å². The van der Waals surface area contributed by atoms with Crippen molar-refractivity contribution in [1.29, 1.82) is 0 Å². The van der Waals surface area contributed by atoms with Crippen LogP contribution in [0.25, 0.3) is 0 Å². The van der Waals surface area contributed by atoms with Gasteiger partial charge in [0.25, 0.3) is 11.8 Å². The van der Waals surface area contributed by atoms with Crippen molar-refractivity contribution in [3.05, 3.63) is 48.0 Å². The molecule has 2 amide bonds. The standard InChI is InChI=1S/C22H26N2O4/c1-4-5-6-12-24-19-14-17(10-11-20(19)28-15(2)22(24)26)23-21(25)16-8-7-9-18(13-16)27-3/h7-11,13-15H,4-6,12H2,1-3H3,(H,23,25). The third kappa shape index (κ3) is 4.27. The van der Waals surface area contributed by atoms with Crippen molar-refractivity contribution in [2.45, 2.75) is 39.2 Å². The number of rotatable bonds is 7. The molecule has 2 aromatic rings. The number of nitrogens with zero attached hydrogens (tertiary/aromatic N) is 1. The van der Waals surface area contributed by atoms with E-state index in [0.29, 0.717) is 35.0 Å². The lowest BCUT2D eigenvalue weighted by Crippen LogP contribution is -2.44.